The first-order valence-electron chi connectivity index (χ1n) is 11.4. The highest BCUT2D eigenvalue weighted by atomic mass is 16.7. The van der Waals surface area contributed by atoms with E-state index in [1.807, 2.05) is 78.5 Å². The Kier molecular flexibility index (Phi) is 6.69. The van der Waals surface area contributed by atoms with E-state index in [2.05, 4.69) is 5.32 Å². The largest absolute Gasteiger partial charge is 0.495 e. The summed E-state index contributed by atoms with van der Waals surface area (Å²) in [5.74, 6) is -0.0332. The molecule has 2 fully saturated rings. The molecule has 1 aromatic rings. The quantitative estimate of drug-likeness (QED) is 0.723. The molecule has 1 N–H and O–H groups in total. The first kappa shape index (κ1) is 24.6. The Morgan fingerprint density at radius 2 is 1.66 bits per heavy atom. The summed E-state index contributed by atoms with van der Waals surface area (Å²) in [6, 6.07) is 5.72. The number of rotatable bonds is 3. The summed E-state index contributed by atoms with van der Waals surface area (Å²) in [4.78, 5) is 27.4. The van der Waals surface area contributed by atoms with Gasteiger partial charge in [-0.15, -0.1) is 0 Å². The van der Waals surface area contributed by atoms with E-state index in [4.69, 9.17) is 14.0 Å². The molecule has 2 saturated heterocycles. The lowest BCUT2D eigenvalue weighted by Gasteiger charge is -2.33. The number of alkyl carbamates (subject to hydrolysis) is 1. The van der Waals surface area contributed by atoms with Crippen LogP contribution in [-0.4, -0.2) is 60.0 Å². The molecule has 7 nitrogen and oxygen atoms in total. The highest BCUT2D eigenvalue weighted by Gasteiger charge is 2.53. The van der Waals surface area contributed by atoms with Gasteiger partial charge >= 0.3 is 13.2 Å². The second kappa shape index (κ2) is 8.71. The molecule has 0 aromatic heterocycles. The van der Waals surface area contributed by atoms with Crippen LogP contribution in [0.25, 0.3) is 0 Å². The zero-order valence-corrected chi connectivity index (χ0v) is 20.7. The van der Waals surface area contributed by atoms with Crippen LogP contribution in [0.1, 0.15) is 77.2 Å². The Balaban J connectivity index is 1.70. The second-order valence-electron chi connectivity index (χ2n) is 10.8. The number of carbonyl (C=O) groups is 2. The number of aryl methyl sites for hydroxylation is 1. The van der Waals surface area contributed by atoms with Crippen molar-refractivity contribution in [2.75, 3.05) is 13.1 Å². The summed E-state index contributed by atoms with van der Waals surface area (Å²) in [6.45, 7) is 16.7. The molecular formula is C24H37BN2O5. The predicted octanol–water partition coefficient (Wildman–Crippen LogP) is 3.42. The van der Waals surface area contributed by atoms with Gasteiger partial charge in [-0.1, -0.05) is 17.7 Å². The molecule has 32 heavy (non-hydrogen) atoms. The van der Waals surface area contributed by atoms with Crippen molar-refractivity contribution in [1.29, 1.82) is 0 Å². The standard InChI is InChI=1S/C24H37BN2O5/c1-16-10-9-11-18(19(16)25-31-23(5,6)24(7,8)32-25)20(28)27-14-12-17(13-15-27)26-21(29)30-22(2,3)4/h9-11,17H,12-15H2,1-8H3,(H,26,29). The Bertz CT molecular complexity index is 854. The zero-order chi connectivity index (χ0) is 23.9. The van der Waals surface area contributed by atoms with Gasteiger partial charge in [0.25, 0.3) is 5.91 Å². The summed E-state index contributed by atoms with van der Waals surface area (Å²) in [6.07, 6.45) is 0.953. The normalized spacial score (nSPS) is 20.9. The molecule has 3 rings (SSSR count). The van der Waals surface area contributed by atoms with E-state index in [0.29, 0.717) is 31.5 Å². The molecular weight excluding hydrogens is 407 g/mol. The van der Waals surface area contributed by atoms with Crippen molar-refractivity contribution in [2.24, 2.45) is 0 Å². The van der Waals surface area contributed by atoms with Crippen LogP contribution < -0.4 is 10.8 Å². The van der Waals surface area contributed by atoms with Crippen molar-refractivity contribution in [1.82, 2.24) is 10.2 Å². The number of hydrogen-bond acceptors (Lipinski definition) is 5. The lowest BCUT2D eigenvalue weighted by molar-refractivity contribution is 0.00578. The third-order valence-corrected chi connectivity index (χ3v) is 6.55. The summed E-state index contributed by atoms with van der Waals surface area (Å²) in [5.41, 5.74) is 0.885. The predicted molar refractivity (Wildman–Crippen MR) is 125 cm³/mol. The Hall–Kier alpha value is -2.06. The molecule has 2 aliphatic rings. The van der Waals surface area contributed by atoms with E-state index < -0.39 is 30.0 Å². The van der Waals surface area contributed by atoms with Crippen LogP contribution in [0.2, 0.25) is 0 Å². The molecule has 0 bridgehead atoms. The molecule has 0 atom stereocenters. The number of benzene rings is 1. The van der Waals surface area contributed by atoms with Gasteiger partial charge in [-0.05, 0) is 79.8 Å². The van der Waals surface area contributed by atoms with Crippen molar-refractivity contribution in [3.05, 3.63) is 29.3 Å². The minimum Gasteiger partial charge on any atom is -0.444 e. The fraction of sp³-hybridized carbons (Fsp3) is 0.667. The first-order chi connectivity index (χ1) is 14.7. The average Bonchev–Trinajstić information content (AvgIpc) is 2.87. The van der Waals surface area contributed by atoms with Crippen LogP contribution in [0.3, 0.4) is 0 Å². The highest BCUT2D eigenvalue weighted by Crippen LogP contribution is 2.37. The van der Waals surface area contributed by atoms with Gasteiger partial charge in [0.1, 0.15) is 5.60 Å². The molecule has 2 aliphatic heterocycles. The van der Waals surface area contributed by atoms with Gasteiger partial charge in [-0.2, -0.15) is 0 Å². The van der Waals surface area contributed by atoms with Crippen molar-refractivity contribution in [3.63, 3.8) is 0 Å². The molecule has 0 aliphatic carbocycles. The number of amides is 2. The minimum atomic E-state index is -0.591. The zero-order valence-electron chi connectivity index (χ0n) is 20.7. The van der Waals surface area contributed by atoms with E-state index in [0.717, 1.165) is 11.0 Å². The van der Waals surface area contributed by atoms with Crippen molar-refractivity contribution in [2.45, 2.75) is 91.1 Å². The number of nitrogens with one attached hydrogen (secondary N) is 1. The molecule has 0 unspecified atom stereocenters. The molecule has 0 spiro atoms. The molecule has 1 aromatic carbocycles. The van der Waals surface area contributed by atoms with Gasteiger partial charge in [0.15, 0.2) is 0 Å². The number of carbonyl (C=O) groups excluding carboxylic acids is 2. The summed E-state index contributed by atoms with van der Waals surface area (Å²) in [7, 11) is -0.591. The maximum atomic E-state index is 13.5. The molecule has 0 saturated carbocycles. The van der Waals surface area contributed by atoms with E-state index in [-0.39, 0.29) is 11.9 Å². The van der Waals surface area contributed by atoms with Crippen molar-refractivity contribution < 1.29 is 23.6 Å². The Morgan fingerprint density at radius 3 is 2.19 bits per heavy atom. The SMILES string of the molecule is Cc1cccc(C(=O)N2CCC(NC(=O)OC(C)(C)C)CC2)c1B1OC(C)(C)C(C)(C)O1. The maximum Gasteiger partial charge on any atom is 0.495 e. The summed E-state index contributed by atoms with van der Waals surface area (Å²) < 4.78 is 17.9. The fourth-order valence-corrected chi connectivity index (χ4v) is 4.01. The van der Waals surface area contributed by atoms with Gasteiger partial charge in [0.2, 0.25) is 0 Å². The first-order valence-corrected chi connectivity index (χ1v) is 11.4. The fourth-order valence-electron chi connectivity index (χ4n) is 4.01. The maximum absolute atomic E-state index is 13.5. The van der Waals surface area contributed by atoms with Crippen LogP contribution >= 0.6 is 0 Å². The van der Waals surface area contributed by atoms with E-state index in [9.17, 15) is 9.59 Å². The third kappa shape index (κ3) is 5.29. The van der Waals surface area contributed by atoms with Gasteiger partial charge in [-0.3, -0.25) is 4.79 Å². The Labute approximate surface area is 192 Å². The minimum absolute atomic E-state index is 0.00558. The van der Waals surface area contributed by atoms with Gasteiger partial charge in [0, 0.05) is 24.7 Å². The Morgan fingerprint density at radius 1 is 1.09 bits per heavy atom. The second-order valence-corrected chi connectivity index (χ2v) is 10.8. The number of piperidine rings is 1. The van der Waals surface area contributed by atoms with E-state index in [1.165, 1.54) is 0 Å². The average molecular weight is 444 g/mol. The topological polar surface area (TPSA) is 77.1 Å². The van der Waals surface area contributed by atoms with Crippen LogP contribution in [0.5, 0.6) is 0 Å². The monoisotopic (exact) mass is 444 g/mol. The van der Waals surface area contributed by atoms with Crippen LogP contribution in [-0.2, 0) is 14.0 Å². The van der Waals surface area contributed by atoms with Crippen molar-refractivity contribution >= 4 is 24.6 Å². The smallest absolute Gasteiger partial charge is 0.444 e. The van der Waals surface area contributed by atoms with E-state index >= 15 is 0 Å². The summed E-state index contributed by atoms with van der Waals surface area (Å²) in [5, 5.41) is 2.92. The van der Waals surface area contributed by atoms with Gasteiger partial charge in [0.05, 0.1) is 11.2 Å². The summed E-state index contributed by atoms with van der Waals surface area (Å²) >= 11 is 0. The third-order valence-electron chi connectivity index (χ3n) is 6.55. The lowest BCUT2D eigenvalue weighted by Crippen LogP contribution is -2.49. The van der Waals surface area contributed by atoms with E-state index in [1.54, 1.807) is 0 Å². The molecule has 8 heteroatoms. The number of nitrogens with zero attached hydrogens (tertiary/aromatic N) is 1. The molecule has 0 radical (unpaired) electrons. The number of likely N-dealkylation sites (tertiary alicyclic amines) is 1. The van der Waals surface area contributed by atoms with Gasteiger partial charge in [-0.25, -0.2) is 4.79 Å². The van der Waals surface area contributed by atoms with Crippen LogP contribution in [0.4, 0.5) is 4.79 Å². The molecule has 176 valence electrons. The number of ether oxygens (including phenoxy) is 1. The number of hydrogen-bond donors (Lipinski definition) is 1. The van der Waals surface area contributed by atoms with Crippen molar-refractivity contribution in [3.8, 4) is 0 Å². The molecule has 2 amide bonds. The molecule has 2 heterocycles. The lowest BCUT2D eigenvalue weighted by atomic mass is 9.73. The van der Waals surface area contributed by atoms with Crippen LogP contribution in [0.15, 0.2) is 18.2 Å². The van der Waals surface area contributed by atoms with Crippen LogP contribution in [0, 0.1) is 6.92 Å². The van der Waals surface area contributed by atoms with Gasteiger partial charge < -0.3 is 24.3 Å². The highest BCUT2D eigenvalue weighted by molar-refractivity contribution is 6.64.